The van der Waals surface area contributed by atoms with Crippen molar-refractivity contribution >= 4 is 29.6 Å². The van der Waals surface area contributed by atoms with Crippen LogP contribution in [-0.4, -0.2) is 4.98 Å². The number of nitrogens with one attached hydrogen (secondary N) is 1. The van der Waals surface area contributed by atoms with Gasteiger partial charge in [-0.05, 0) is 36.5 Å². The van der Waals surface area contributed by atoms with Crippen LogP contribution in [-0.2, 0) is 12.8 Å². The number of hydrogen-bond donors (Lipinski definition) is 2. The van der Waals surface area contributed by atoms with Crippen molar-refractivity contribution in [1.82, 2.24) is 4.98 Å². The SMILES string of the molecule is C=c1[nH]c(=C)c2c3c(c(N)cc12)CCC3. The molecule has 0 radical (unpaired) electrons. The Morgan fingerprint density at radius 2 is 1.87 bits per heavy atom. The highest BCUT2D eigenvalue weighted by molar-refractivity contribution is 5.91. The second-order valence-corrected chi connectivity index (χ2v) is 4.28. The van der Waals surface area contributed by atoms with Crippen LogP contribution in [0.2, 0.25) is 0 Å². The Morgan fingerprint density at radius 1 is 1.13 bits per heavy atom. The van der Waals surface area contributed by atoms with Gasteiger partial charge in [0.25, 0.3) is 0 Å². The highest BCUT2D eigenvalue weighted by Crippen LogP contribution is 2.31. The average molecular weight is 198 g/mol. The number of hydrogen-bond acceptors (Lipinski definition) is 1. The second-order valence-electron chi connectivity index (χ2n) is 4.28. The van der Waals surface area contributed by atoms with Gasteiger partial charge in [0.15, 0.2) is 0 Å². The molecule has 2 nitrogen and oxygen atoms in total. The van der Waals surface area contributed by atoms with Gasteiger partial charge < -0.3 is 10.7 Å². The smallest absolute Gasteiger partial charge is 0.0394 e. The molecule has 0 saturated heterocycles. The Hall–Kier alpha value is -1.70. The number of nitrogens with two attached hydrogens (primary N) is 1. The van der Waals surface area contributed by atoms with Crippen molar-refractivity contribution in [3.8, 4) is 0 Å². The van der Waals surface area contributed by atoms with Gasteiger partial charge in [-0.3, -0.25) is 0 Å². The van der Waals surface area contributed by atoms with Crippen LogP contribution < -0.4 is 16.4 Å². The number of fused-ring (bicyclic) bond motifs is 3. The first-order valence-electron chi connectivity index (χ1n) is 5.28. The van der Waals surface area contributed by atoms with Crippen LogP contribution >= 0.6 is 0 Å². The molecule has 1 heterocycles. The molecule has 0 bridgehead atoms. The van der Waals surface area contributed by atoms with E-state index >= 15 is 0 Å². The topological polar surface area (TPSA) is 41.8 Å². The maximum absolute atomic E-state index is 6.05. The first-order valence-corrected chi connectivity index (χ1v) is 5.28. The van der Waals surface area contributed by atoms with E-state index in [4.69, 9.17) is 5.73 Å². The summed E-state index contributed by atoms with van der Waals surface area (Å²) in [4.78, 5) is 3.19. The van der Waals surface area contributed by atoms with Gasteiger partial charge in [-0.15, -0.1) is 0 Å². The average Bonchev–Trinajstić information content (AvgIpc) is 2.73. The lowest BCUT2D eigenvalue weighted by Crippen LogP contribution is -2.05. The van der Waals surface area contributed by atoms with Crippen LogP contribution in [0, 0.1) is 0 Å². The summed E-state index contributed by atoms with van der Waals surface area (Å²) in [5, 5.41) is 4.30. The van der Waals surface area contributed by atoms with Gasteiger partial charge in [0.05, 0.1) is 0 Å². The molecular formula is C13H14N2. The summed E-state index contributed by atoms with van der Waals surface area (Å²) >= 11 is 0. The van der Waals surface area contributed by atoms with Crippen LogP contribution in [0.3, 0.4) is 0 Å². The lowest BCUT2D eigenvalue weighted by molar-refractivity contribution is 0.914. The largest absolute Gasteiger partial charge is 0.398 e. The zero-order chi connectivity index (χ0) is 10.6. The number of aromatic nitrogens is 1. The standard InChI is InChI=1S/C13H14N2/c1-7-11-6-12(14)9-4-3-5-10(9)13(11)8(2)15-7/h6,15H,1-5,14H2. The van der Waals surface area contributed by atoms with Crippen molar-refractivity contribution in [2.75, 3.05) is 5.73 Å². The minimum atomic E-state index is 0.916. The minimum absolute atomic E-state index is 0.916. The third kappa shape index (κ3) is 0.990. The van der Waals surface area contributed by atoms with E-state index in [1.807, 2.05) is 6.07 Å². The van der Waals surface area contributed by atoms with E-state index in [-0.39, 0.29) is 0 Å². The lowest BCUT2D eigenvalue weighted by Gasteiger charge is -2.05. The third-order valence-corrected chi connectivity index (χ3v) is 3.37. The van der Waals surface area contributed by atoms with E-state index in [1.54, 1.807) is 0 Å². The molecule has 0 fully saturated rings. The van der Waals surface area contributed by atoms with Crippen LogP contribution in [0.5, 0.6) is 0 Å². The molecule has 15 heavy (non-hydrogen) atoms. The summed E-state index contributed by atoms with van der Waals surface area (Å²) < 4.78 is 0. The maximum atomic E-state index is 6.05. The molecule has 1 aliphatic rings. The van der Waals surface area contributed by atoms with Crippen molar-refractivity contribution in [2.24, 2.45) is 0 Å². The summed E-state index contributed by atoms with van der Waals surface area (Å²) in [5.41, 5.74) is 9.69. The molecule has 0 aliphatic heterocycles. The quantitative estimate of drug-likeness (QED) is 0.611. The number of nitrogen functional groups attached to an aromatic ring is 1. The molecule has 0 atom stereocenters. The summed E-state index contributed by atoms with van der Waals surface area (Å²) in [6, 6.07) is 2.03. The number of aromatic amines is 1. The number of rotatable bonds is 0. The predicted octanol–water partition coefficient (Wildman–Crippen LogP) is 1.06. The highest BCUT2D eigenvalue weighted by atomic mass is 14.7. The van der Waals surface area contributed by atoms with Gasteiger partial charge in [0.1, 0.15) is 0 Å². The van der Waals surface area contributed by atoms with Crippen molar-refractivity contribution < 1.29 is 0 Å². The Kier molecular flexibility index (Phi) is 1.52. The normalized spacial score (nSPS) is 14.7. The van der Waals surface area contributed by atoms with Gasteiger partial charge in [0.2, 0.25) is 0 Å². The Morgan fingerprint density at radius 3 is 2.67 bits per heavy atom. The molecule has 0 amide bonds. The van der Waals surface area contributed by atoms with Crippen molar-refractivity contribution in [3.05, 3.63) is 27.9 Å². The molecule has 2 heteroatoms. The van der Waals surface area contributed by atoms with Gasteiger partial charge >= 0.3 is 0 Å². The fourth-order valence-electron chi connectivity index (χ4n) is 2.71. The van der Waals surface area contributed by atoms with E-state index in [1.165, 1.54) is 22.9 Å². The zero-order valence-corrected chi connectivity index (χ0v) is 8.69. The molecule has 76 valence electrons. The molecule has 1 aromatic carbocycles. The molecule has 1 aliphatic carbocycles. The highest BCUT2D eigenvalue weighted by Gasteiger charge is 2.18. The van der Waals surface area contributed by atoms with Gasteiger partial charge in [0, 0.05) is 27.2 Å². The Balaban J connectivity index is 2.62. The second kappa shape index (κ2) is 2.66. The summed E-state index contributed by atoms with van der Waals surface area (Å²) in [5.74, 6) is 0. The monoisotopic (exact) mass is 198 g/mol. The van der Waals surface area contributed by atoms with Gasteiger partial charge in [-0.1, -0.05) is 13.2 Å². The Bertz CT molecular complexity index is 649. The molecular weight excluding hydrogens is 184 g/mol. The molecule has 2 aromatic rings. The molecule has 0 spiro atoms. The van der Waals surface area contributed by atoms with E-state index in [0.29, 0.717) is 0 Å². The Labute approximate surface area is 88.1 Å². The molecule has 3 N–H and O–H groups in total. The van der Waals surface area contributed by atoms with E-state index < -0.39 is 0 Å². The van der Waals surface area contributed by atoms with Crippen LogP contribution in [0.4, 0.5) is 5.69 Å². The van der Waals surface area contributed by atoms with Crippen LogP contribution in [0.15, 0.2) is 6.07 Å². The van der Waals surface area contributed by atoms with E-state index in [9.17, 15) is 0 Å². The maximum Gasteiger partial charge on any atom is 0.0394 e. The van der Waals surface area contributed by atoms with Crippen LogP contribution in [0.1, 0.15) is 17.5 Å². The summed E-state index contributed by atoms with van der Waals surface area (Å²) in [7, 11) is 0. The zero-order valence-electron chi connectivity index (χ0n) is 8.69. The van der Waals surface area contributed by atoms with Crippen molar-refractivity contribution in [2.45, 2.75) is 19.3 Å². The third-order valence-electron chi connectivity index (χ3n) is 3.37. The first-order chi connectivity index (χ1) is 7.18. The number of anilines is 1. The molecule has 3 rings (SSSR count). The van der Waals surface area contributed by atoms with Gasteiger partial charge in [-0.25, -0.2) is 0 Å². The van der Waals surface area contributed by atoms with Gasteiger partial charge in [-0.2, -0.15) is 0 Å². The van der Waals surface area contributed by atoms with Crippen molar-refractivity contribution in [1.29, 1.82) is 0 Å². The minimum Gasteiger partial charge on any atom is -0.398 e. The molecule has 1 aromatic heterocycles. The summed E-state index contributed by atoms with van der Waals surface area (Å²) in [6.45, 7) is 8.03. The molecule has 0 unspecified atom stereocenters. The lowest BCUT2D eigenvalue weighted by atomic mass is 10.0. The van der Waals surface area contributed by atoms with E-state index in [2.05, 4.69) is 18.1 Å². The number of H-pyrrole nitrogens is 1. The van der Waals surface area contributed by atoms with Crippen molar-refractivity contribution in [3.63, 3.8) is 0 Å². The fraction of sp³-hybridized carbons (Fsp3) is 0.231. The van der Waals surface area contributed by atoms with E-state index in [0.717, 1.165) is 34.6 Å². The van der Waals surface area contributed by atoms with Crippen LogP contribution in [0.25, 0.3) is 23.9 Å². The first kappa shape index (κ1) is 8.60. The number of aryl methyl sites for hydroxylation is 1. The summed E-state index contributed by atoms with van der Waals surface area (Å²) in [6.07, 6.45) is 3.43. The molecule has 0 saturated carbocycles. The fourth-order valence-corrected chi connectivity index (χ4v) is 2.71. The number of benzene rings is 1. The predicted molar refractivity (Wildman–Crippen MR) is 65.0 cm³/mol.